The van der Waals surface area contributed by atoms with E-state index < -0.39 is 0 Å². The fourth-order valence-corrected chi connectivity index (χ4v) is 1.95. The molecule has 1 N–H and O–H groups in total. The van der Waals surface area contributed by atoms with Gasteiger partial charge in [0.05, 0.1) is 30.3 Å². The van der Waals surface area contributed by atoms with Crippen LogP contribution in [0.1, 0.15) is 25.6 Å². The van der Waals surface area contributed by atoms with Crippen LogP contribution in [0.2, 0.25) is 0 Å². The Morgan fingerprint density at radius 2 is 2.43 bits per heavy atom. The minimum absolute atomic E-state index is 0.161. The van der Waals surface area contributed by atoms with Crippen LogP contribution in [0.15, 0.2) is 12.5 Å². The first-order valence-electron chi connectivity index (χ1n) is 4.95. The van der Waals surface area contributed by atoms with Gasteiger partial charge >= 0.3 is 0 Å². The Hall–Kier alpha value is -0.870. The maximum atomic E-state index is 5.75. The summed E-state index contributed by atoms with van der Waals surface area (Å²) in [5.41, 5.74) is 1.01. The van der Waals surface area contributed by atoms with E-state index in [0.29, 0.717) is 0 Å². The molecule has 1 aromatic rings. The number of rotatable bonds is 1. The molecule has 1 atom stereocenters. The second-order valence-corrected chi connectivity index (χ2v) is 4.27. The van der Waals surface area contributed by atoms with Gasteiger partial charge in [0.2, 0.25) is 0 Å². The van der Waals surface area contributed by atoms with Crippen molar-refractivity contribution in [2.24, 2.45) is 7.05 Å². The number of morpholine rings is 1. The van der Waals surface area contributed by atoms with Crippen molar-refractivity contribution in [3.63, 3.8) is 0 Å². The van der Waals surface area contributed by atoms with Crippen molar-refractivity contribution in [2.45, 2.75) is 25.5 Å². The average Bonchev–Trinajstić information content (AvgIpc) is 2.51. The van der Waals surface area contributed by atoms with Gasteiger partial charge < -0.3 is 14.6 Å². The third-order valence-corrected chi connectivity index (χ3v) is 2.77. The van der Waals surface area contributed by atoms with Gasteiger partial charge in [0.1, 0.15) is 0 Å². The van der Waals surface area contributed by atoms with Crippen molar-refractivity contribution < 1.29 is 4.74 Å². The lowest BCUT2D eigenvalue weighted by Crippen LogP contribution is -2.49. The lowest BCUT2D eigenvalue weighted by atomic mass is 9.94. The molecule has 4 nitrogen and oxygen atoms in total. The van der Waals surface area contributed by atoms with E-state index in [2.05, 4.69) is 24.1 Å². The first-order valence-corrected chi connectivity index (χ1v) is 4.95. The molecule has 0 bridgehead atoms. The molecule has 1 aliphatic rings. The van der Waals surface area contributed by atoms with E-state index in [1.807, 2.05) is 24.1 Å². The predicted octanol–water partition coefficient (Wildman–Crippen LogP) is 0.860. The maximum Gasteiger partial charge on any atom is 0.0946 e. The highest BCUT2D eigenvalue weighted by atomic mass is 16.5. The molecule has 14 heavy (non-hydrogen) atoms. The molecule has 0 saturated carbocycles. The second-order valence-electron chi connectivity index (χ2n) is 4.27. The van der Waals surface area contributed by atoms with Crippen LogP contribution in [0.5, 0.6) is 0 Å². The molecule has 0 amide bonds. The van der Waals surface area contributed by atoms with Gasteiger partial charge in [-0.25, -0.2) is 4.98 Å². The van der Waals surface area contributed by atoms with Crippen molar-refractivity contribution in [1.29, 1.82) is 0 Å². The number of nitrogens with zero attached hydrogens (tertiary/aromatic N) is 2. The van der Waals surface area contributed by atoms with Gasteiger partial charge in [-0.1, -0.05) is 0 Å². The molecule has 0 spiro atoms. The van der Waals surface area contributed by atoms with E-state index in [4.69, 9.17) is 4.74 Å². The van der Waals surface area contributed by atoms with Crippen molar-refractivity contribution in [2.75, 3.05) is 13.2 Å². The molecule has 78 valence electrons. The minimum Gasteiger partial charge on any atom is -0.372 e. The van der Waals surface area contributed by atoms with Crippen LogP contribution in [0, 0.1) is 0 Å². The first-order chi connectivity index (χ1) is 6.61. The molecule has 4 heteroatoms. The summed E-state index contributed by atoms with van der Waals surface area (Å²) >= 11 is 0. The molecule has 0 radical (unpaired) electrons. The first kappa shape index (κ1) is 9.68. The fraction of sp³-hybridized carbons (Fsp3) is 0.700. The fourth-order valence-electron chi connectivity index (χ4n) is 1.95. The molecule has 0 aromatic carbocycles. The SMILES string of the molecule is Cn1cncc1C1NCCOC1(C)C. The Kier molecular flexibility index (Phi) is 2.33. The summed E-state index contributed by atoms with van der Waals surface area (Å²) in [7, 11) is 2.01. The highest BCUT2D eigenvalue weighted by Crippen LogP contribution is 2.30. The van der Waals surface area contributed by atoms with Crippen LogP contribution in [-0.4, -0.2) is 28.3 Å². The monoisotopic (exact) mass is 195 g/mol. The number of aryl methyl sites for hydroxylation is 1. The van der Waals surface area contributed by atoms with E-state index >= 15 is 0 Å². The maximum absolute atomic E-state index is 5.75. The van der Waals surface area contributed by atoms with Crippen LogP contribution in [0.25, 0.3) is 0 Å². The van der Waals surface area contributed by atoms with Crippen LogP contribution < -0.4 is 5.32 Å². The Morgan fingerprint density at radius 1 is 1.64 bits per heavy atom. The Balaban J connectivity index is 2.28. The third-order valence-electron chi connectivity index (χ3n) is 2.77. The second kappa shape index (κ2) is 3.37. The quantitative estimate of drug-likeness (QED) is 0.722. The van der Waals surface area contributed by atoms with Crippen molar-refractivity contribution in [1.82, 2.24) is 14.9 Å². The highest BCUT2D eigenvalue weighted by Gasteiger charge is 2.35. The lowest BCUT2D eigenvalue weighted by Gasteiger charge is -2.39. The van der Waals surface area contributed by atoms with Crippen molar-refractivity contribution in [3.8, 4) is 0 Å². The molecular weight excluding hydrogens is 178 g/mol. The third kappa shape index (κ3) is 1.55. The Bertz CT molecular complexity index is 319. The van der Waals surface area contributed by atoms with Gasteiger partial charge in [-0.3, -0.25) is 0 Å². The normalized spacial score (nSPS) is 26.4. The molecule has 1 aromatic heterocycles. The van der Waals surface area contributed by atoms with E-state index in [9.17, 15) is 0 Å². The zero-order valence-electron chi connectivity index (χ0n) is 8.95. The summed E-state index contributed by atoms with van der Waals surface area (Å²) < 4.78 is 7.79. The van der Waals surface area contributed by atoms with Gasteiger partial charge in [-0.15, -0.1) is 0 Å². The molecule has 2 heterocycles. The van der Waals surface area contributed by atoms with Gasteiger partial charge in [-0.2, -0.15) is 0 Å². The van der Waals surface area contributed by atoms with Crippen LogP contribution in [0.3, 0.4) is 0 Å². The molecule has 1 unspecified atom stereocenters. The summed E-state index contributed by atoms with van der Waals surface area (Å²) in [5.74, 6) is 0. The van der Waals surface area contributed by atoms with E-state index in [-0.39, 0.29) is 11.6 Å². The summed E-state index contributed by atoms with van der Waals surface area (Å²) in [6.45, 7) is 5.90. The van der Waals surface area contributed by atoms with Gasteiger partial charge in [0, 0.05) is 19.8 Å². The van der Waals surface area contributed by atoms with Gasteiger partial charge in [0.15, 0.2) is 0 Å². The summed E-state index contributed by atoms with van der Waals surface area (Å²) in [5, 5.41) is 3.47. The molecule has 1 saturated heterocycles. The largest absolute Gasteiger partial charge is 0.372 e. The summed E-state index contributed by atoms with van der Waals surface area (Å²) in [6.07, 6.45) is 3.72. The molecular formula is C10H17N3O. The smallest absolute Gasteiger partial charge is 0.0946 e. The molecule has 0 aliphatic carbocycles. The minimum atomic E-state index is -0.161. The van der Waals surface area contributed by atoms with Gasteiger partial charge in [0.25, 0.3) is 0 Å². The highest BCUT2D eigenvalue weighted by molar-refractivity contribution is 5.11. The standard InChI is InChI=1S/C10H17N3O/c1-10(2)9(12-4-5-14-10)8-6-11-7-13(8)3/h6-7,9,12H,4-5H2,1-3H3. The number of imidazole rings is 1. The topological polar surface area (TPSA) is 39.1 Å². The number of hydrogen-bond donors (Lipinski definition) is 1. The van der Waals surface area contributed by atoms with Crippen molar-refractivity contribution >= 4 is 0 Å². The number of aromatic nitrogens is 2. The van der Waals surface area contributed by atoms with E-state index in [1.165, 1.54) is 5.69 Å². The Morgan fingerprint density at radius 3 is 3.00 bits per heavy atom. The number of nitrogens with one attached hydrogen (secondary N) is 1. The summed E-state index contributed by atoms with van der Waals surface area (Å²) in [4.78, 5) is 4.13. The molecule has 2 rings (SSSR count). The van der Waals surface area contributed by atoms with Crippen LogP contribution in [0.4, 0.5) is 0 Å². The molecule has 1 fully saturated rings. The predicted molar refractivity (Wildman–Crippen MR) is 54.0 cm³/mol. The molecule has 1 aliphatic heterocycles. The van der Waals surface area contributed by atoms with Crippen LogP contribution >= 0.6 is 0 Å². The zero-order valence-corrected chi connectivity index (χ0v) is 8.95. The lowest BCUT2D eigenvalue weighted by molar-refractivity contribution is -0.0738. The van der Waals surface area contributed by atoms with Gasteiger partial charge in [-0.05, 0) is 13.8 Å². The average molecular weight is 195 g/mol. The van der Waals surface area contributed by atoms with Crippen molar-refractivity contribution in [3.05, 3.63) is 18.2 Å². The summed E-state index contributed by atoms with van der Waals surface area (Å²) in [6, 6.07) is 0.226. The number of ether oxygens (including phenoxy) is 1. The number of hydrogen-bond acceptors (Lipinski definition) is 3. The van der Waals surface area contributed by atoms with E-state index in [0.717, 1.165) is 13.2 Å². The van der Waals surface area contributed by atoms with E-state index in [1.54, 1.807) is 0 Å². The zero-order chi connectivity index (χ0) is 10.2. The van der Waals surface area contributed by atoms with Crippen LogP contribution in [-0.2, 0) is 11.8 Å². The Labute approximate surface area is 84.3 Å².